The van der Waals surface area contributed by atoms with Crippen LogP contribution in [0.15, 0.2) is 24.4 Å². The number of carboxylic acid groups (broad SMARTS) is 1. The molecular formula is C10H10BrNO2. The van der Waals surface area contributed by atoms with Crippen molar-refractivity contribution >= 4 is 28.0 Å². The molecule has 0 unspecified atom stereocenters. The number of carboxylic acids is 1. The van der Waals surface area contributed by atoms with Gasteiger partial charge in [0.15, 0.2) is 0 Å². The molecule has 0 aliphatic heterocycles. The lowest BCUT2D eigenvalue weighted by molar-refractivity contribution is 0.0696. The van der Waals surface area contributed by atoms with Crippen LogP contribution < -0.4 is 0 Å². The highest BCUT2D eigenvalue weighted by atomic mass is 79.9. The molecule has 74 valence electrons. The molecule has 1 aromatic rings. The lowest BCUT2D eigenvalue weighted by Crippen LogP contribution is -1.96. The van der Waals surface area contributed by atoms with Gasteiger partial charge >= 0.3 is 5.97 Å². The van der Waals surface area contributed by atoms with E-state index in [-0.39, 0.29) is 5.56 Å². The van der Waals surface area contributed by atoms with Gasteiger partial charge in [0, 0.05) is 11.5 Å². The monoisotopic (exact) mass is 255 g/mol. The molecule has 3 nitrogen and oxygen atoms in total. The quantitative estimate of drug-likeness (QED) is 0.842. The Balaban J connectivity index is 2.68. The predicted octanol–water partition coefficient (Wildman–Crippen LogP) is 2.58. The Kier molecular flexibility index (Phi) is 4.32. The maximum atomic E-state index is 10.5. The average Bonchev–Trinajstić information content (AvgIpc) is 2.19. The molecular weight excluding hydrogens is 246 g/mol. The van der Waals surface area contributed by atoms with Crippen molar-refractivity contribution in [3.8, 4) is 0 Å². The van der Waals surface area contributed by atoms with Crippen LogP contribution in [0, 0.1) is 0 Å². The highest BCUT2D eigenvalue weighted by Gasteiger charge is 2.00. The summed E-state index contributed by atoms with van der Waals surface area (Å²) in [6, 6.07) is 3.23. The average molecular weight is 256 g/mol. The van der Waals surface area contributed by atoms with E-state index in [0.717, 1.165) is 17.4 Å². The van der Waals surface area contributed by atoms with Crippen molar-refractivity contribution in [3.05, 3.63) is 35.7 Å². The lowest BCUT2D eigenvalue weighted by atomic mass is 10.2. The third-order valence-electron chi connectivity index (χ3n) is 1.60. The van der Waals surface area contributed by atoms with Crippen molar-refractivity contribution in [2.75, 3.05) is 5.33 Å². The molecule has 14 heavy (non-hydrogen) atoms. The van der Waals surface area contributed by atoms with Gasteiger partial charge in [-0.15, -0.1) is 0 Å². The zero-order chi connectivity index (χ0) is 10.4. The van der Waals surface area contributed by atoms with Crippen molar-refractivity contribution in [2.45, 2.75) is 6.42 Å². The smallest absolute Gasteiger partial charge is 0.337 e. The number of aromatic carboxylic acids is 1. The first-order valence-corrected chi connectivity index (χ1v) is 5.28. The van der Waals surface area contributed by atoms with Crippen molar-refractivity contribution in [1.82, 2.24) is 4.98 Å². The third kappa shape index (κ3) is 3.30. The molecule has 0 saturated heterocycles. The van der Waals surface area contributed by atoms with Crippen molar-refractivity contribution in [3.63, 3.8) is 0 Å². The summed E-state index contributed by atoms with van der Waals surface area (Å²) in [4.78, 5) is 14.5. The Hall–Kier alpha value is -1.16. The number of hydrogen-bond acceptors (Lipinski definition) is 2. The Morgan fingerprint density at radius 3 is 2.86 bits per heavy atom. The van der Waals surface area contributed by atoms with Crippen LogP contribution in [0.4, 0.5) is 0 Å². The molecule has 0 aromatic carbocycles. The summed E-state index contributed by atoms with van der Waals surface area (Å²) in [5.74, 6) is -0.950. The van der Waals surface area contributed by atoms with E-state index in [4.69, 9.17) is 5.11 Å². The van der Waals surface area contributed by atoms with Crippen LogP contribution in [0.1, 0.15) is 22.5 Å². The second-order valence-corrected chi connectivity index (χ2v) is 3.45. The molecule has 0 amide bonds. The zero-order valence-electron chi connectivity index (χ0n) is 7.48. The molecule has 0 atom stereocenters. The molecule has 1 rings (SSSR count). The molecule has 0 radical (unpaired) electrons. The second kappa shape index (κ2) is 5.54. The number of hydrogen-bond donors (Lipinski definition) is 1. The molecule has 1 heterocycles. The SMILES string of the molecule is O=C(O)c1ccc(C=CCCBr)nc1. The van der Waals surface area contributed by atoms with Gasteiger partial charge in [-0.2, -0.15) is 0 Å². The van der Waals surface area contributed by atoms with E-state index in [2.05, 4.69) is 20.9 Å². The van der Waals surface area contributed by atoms with Gasteiger partial charge < -0.3 is 5.11 Å². The molecule has 0 spiro atoms. The summed E-state index contributed by atoms with van der Waals surface area (Å²) >= 11 is 3.30. The fourth-order valence-electron chi connectivity index (χ4n) is 0.897. The van der Waals surface area contributed by atoms with Gasteiger partial charge in [0.1, 0.15) is 0 Å². The molecule has 0 bridgehead atoms. The van der Waals surface area contributed by atoms with E-state index in [1.807, 2.05) is 12.2 Å². The van der Waals surface area contributed by atoms with Gasteiger partial charge in [0.2, 0.25) is 0 Å². The maximum absolute atomic E-state index is 10.5. The van der Waals surface area contributed by atoms with E-state index in [0.29, 0.717) is 0 Å². The number of carbonyl (C=O) groups is 1. The van der Waals surface area contributed by atoms with Gasteiger partial charge in [-0.1, -0.05) is 22.0 Å². The minimum absolute atomic E-state index is 0.211. The van der Waals surface area contributed by atoms with Gasteiger partial charge in [-0.05, 0) is 24.6 Å². The van der Waals surface area contributed by atoms with Crippen LogP contribution in [0.25, 0.3) is 6.08 Å². The number of allylic oxidation sites excluding steroid dienone is 1. The first-order chi connectivity index (χ1) is 6.74. The van der Waals surface area contributed by atoms with Gasteiger partial charge in [-0.3, -0.25) is 4.98 Å². The van der Waals surface area contributed by atoms with Crippen LogP contribution in [-0.2, 0) is 0 Å². The van der Waals surface area contributed by atoms with Gasteiger partial charge in [0.25, 0.3) is 0 Å². The van der Waals surface area contributed by atoms with Crippen LogP contribution in [0.2, 0.25) is 0 Å². The largest absolute Gasteiger partial charge is 0.478 e. The molecule has 1 aromatic heterocycles. The fourth-order valence-corrected chi connectivity index (χ4v) is 1.16. The van der Waals surface area contributed by atoms with Crippen LogP contribution in [-0.4, -0.2) is 21.4 Å². The van der Waals surface area contributed by atoms with E-state index in [1.165, 1.54) is 6.20 Å². The maximum Gasteiger partial charge on any atom is 0.337 e. The Bertz CT molecular complexity index is 332. The topological polar surface area (TPSA) is 50.2 Å². The van der Waals surface area contributed by atoms with E-state index < -0.39 is 5.97 Å². The van der Waals surface area contributed by atoms with Gasteiger partial charge in [0.05, 0.1) is 11.3 Å². The second-order valence-electron chi connectivity index (χ2n) is 2.66. The van der Waals surface area contributed by atoms with Crippen molar-refractivity contribution in [1.29, 1.82) is 0 Å². The van der Waals surface area contributed by atoms with E-state index >= 15 is 0 Å². The first kappa shape index (κ1) is 10.9. The normalized spacial score (nSPS) is 10.6. The minimum Gasteiger partial charge on any atom is -0.478 e. The van der Waals surface area contributed by atoms with Crippen molar-refractivity contribution < 1.29 is 9.90 Å². The standard InChI is InChI=1S/C10H10BrNO2/c11-6-2-1-3-9-5-4-8(7-12-9)10(13)14/h1,3-5,7H,2,6H2,(H,13,14). The Morgan fingerprint density at radius 2 is 2.36 bits per heavy atom. The molecule has 0 fully saturated rings. The summed E-state index contributed by atoms with van der Waals surface area (Å²) < 4.78 is 0. The molecule has 0 aliphatic rings. The molecule has 1 N–H and O–H groups in total. The minimum atomic E-state index is -0.950. The first-order valence-electron chi connectivity index (χ1n) is 4.16. The fraction of sp³-hybridized carbons (Fsp3) is 0.200. The summed E-state index contributed by atoms with van der Waals surface area (Å²) in [6.45, 7) is 0. The number of pyridine rings is 1. The Morgan fingerprint density at radius 1 is 1.57 bits per heavy atom. The zero-order valence-corrected chi connectivity index (χ0v) is 9.07. The van der Waals surface area contributed by atoms with E-state index in [1.54, 1.807) is 12.1 Å². The van der Waals surface area contributed by atoms with E-state index in [9.17, 15) is 4.79 Å². The summed E-state index contributed by atoms with van der Waals surface area (Å²) in [7, 11) is 0. The number of halogens is 1. The van der Waals surface area contributed by atoms with Crippen LogP contribution in [0.3, 0.4) is 0 Å². The molecule has 0 saturated carbocycles. The summed E-state index contributed by atoms with van der Waals surface area (Å²) in [5, 5.41) is 9.54. The third-order valence-corrected chi connectivity index (χ3v) is 2.06. The Labute approximate surface area is 90.6 Å². The highest BCUT2D eigenvalue weighted by Crippen LogP contribution is 2.03. The van der Waals surface area contributed by atoms with Crippen LogP contribution in [0.5, 0.6) is 0 Å². The van der Waals surface area contributed by atoms with Crippen LogP contribution >= 0.6 is 15.9 Å². The summed E-state index contributed by atoms with van der Waals surface area (Å²) in [6.07, 6.45) is 6.14. The highest BCUT2D eigenvalue weighted by molar-refractivity contribution is 9.09. The molecule has 0 aliphatic carbocycles. The number of nitrogens with zero attached hydrogens (tertiary/aromatic N) is 1. The van der Waals surface area contributed by atoms with Gasteiger partial charge in [-0.25, -0.2) is 4.79 Å². The number of aromatic nitrogens is 1. The molecule has 4 heteroatoms. The number of alkyl halides is 1. The van der Waals surface area contributed by atoms with Crippen molar-refractivity contribution in [2.24, 2.45) is 0 Å². The predicted molar refractivity (Wildman–Crippen MR) is 58.6 cm³/mol. The lowest BCUT2D eigenvalue weighted by Gasteiger charge is -1.94. The number of rotatable bonds is 4. The summed E-state index contributed by atoms with van der Waals surface area (Å²) in [5.41, 5.74) is 0.985.